The first kappa shape index (κ1) is 16.0. The van der Waals surface area contributed by atoms with E-state index in [0.29, 0.717) is 17.4 Å². The average Bonchev–Trinajstić information content (AvgIpc) is 2.49. The normalized spacial score (nSPS) is 23.0. The first-order chi connectivity index (χ1) is 10.1. The van der Waals surface area contributed by atoms with E-state index < -0.39 is 5.97 Å². The van der Waals surface area contributed by atoms with E-state index in [4.69, 9.17) is 9.78 Å². The zero-order valence-corrected chi connectivity index (χ0v) is 13.2. The van der Waals surface area contributed by atoms with Crippen LogP contribution in [0.25, 0.3) is 0 Å². The number of aryl methyl sites for hydroxylation is 1. The Balaban J connectivity index is 1.81. The predicted octanol–water partition coefficient (Wildman–Crippen LogP) is 4.72. The molecule has 0 N–H and O–H groups in total. The van der Waals surface area contributed by atoms with Crippen molar-refractivity contribution in [2.45, 2.75) is 52.9 Å². The molecule has 1 aliphatic carbocycles. The van der Waals surface area contributed by atoms with Gasteiger partial charge in [-0.05, 0) is 55.2 Å². The van der Waals surface area contributed by atoms with Crippen LogP contribution in [0.5, 0.6) is 0 Å². The average molecular weight is 289 g/mol. The molecule has 0 bridgehead atoms. The van der Waals surface area contributed by atoms with Crippen LogP contribution in [0.2, 0.25) is 0 Å². The van der Waals surface area contributed by atoms with E-state index in [9.17, 15) is 4.79 Å². The summed E-state index contributed by atoms with van der Waals surface area (Å²) in [6, 6.07) is 7.54. The van der Waals surface area contributed by atoms with Gasteiger partial charge in [0.15, 0.2) is 0 Å². The molecule has 0 amide bonds. The van der Waals surface area contributed by atoms with Gasteiger partial charge >= 0.3 is 5.97 Å². The minimum atomic E-state index is -0.420. The van der Waals surface area contributed by atoms with Gasteiger partial charge in [-0.3, -0.25) is 4.89 Å². The number of hydrogen-bond acceptors (Lipinski definition) is 3. The van der Waals surface area contributed by atoms with Crippen molar-refractivity contribution >= 4 is 5.97 Å². The minimum absolute atomic E-state index is 0.420. The molecule has 0 aromatic heterocycles. The van der Waals surface area contributed by atoms with E-state index >= 15 is 0 Å². The molecule has 2 rings (SSSR count). The van der Waals surface area contributed by atoms with Gasteiger partial charge in [0, 0.05) is 0 Å². The van der Waals surface area contributed by atoms with Gasteiger partial charge in [-0.1, -0.05) is 39.3 Å². The molecule has 1 aromatic rings. The standard InChI is InChI=1S/C18H25O3/c1-4-5-15-7-9-16(10-8-15)18(19)21-20-17-11-6-13(2)14(3)12-17/h7-10,13-14H,4-6,11-12H2,1-3H3. The molecule has 1 aromatic carbocycles. The summed E-state index contributed by atoms with van der Waals surface area (Å²) in [6.07, 6.45) is 5.87. The third-order valence-electron chi connectivity index (χ3n) is 4.36. The topological polar surface area (TPSA) is 35.5 Å². The summed E-state index contributed by atoms with van der Waals surface area (Å²) < 4.78 is 0. The van der Waals surface area contributed by atoms with Crippen LogP contribution in [-0.2, 0) is 16.2 Å². The number of carbonyl (C=O) groups excluding carboxylic acids is 1. The second kappa shape index (κ2) is 7.60. The summed E-state index contributed by atoms with van der Waals surface area (Å²) in [5.74, 6) is 0.872. The summed E-state index contributed by atoms with van der Waals surface area (Å²) in [4.78, 5) is 22.2. The molecule has 1 radical (unpaired) electrons. The van der Waals surface area contributed by atoms with Crippen molar-refractivity contribution in [2.24, 2.45) is 11.8 Å². The molecule has 1 saturated carbocycles. The fourth-order valence-corrected chi connectivity index (χ4v) is 2.65. The van der Waals surface area contributed by atoms with Crippen LogP contribution >= 0.6 is 0 Å². The molecule has 0 spiro atoms. The Morgan fingerprint density at radius 3 is 2.52 bits per heavy atom. The zero-order chi connectivity index (χ0) is 15.2. The van der Waals surface area contributed by atoms with Crippen LogP contribution < -0.4 is 0 Å². The lowest BCUT2D eigenvalue weighted by Crippen LogP contribution is -2.22. The number of rotatable bonds is 5. The highest BCUT2D eigenvalue weighted by atomic mass is 17.2. The highest BCUT2D eigenvalue weighted by Crippen LogP contribution is 2.35. The Kier molecular flexibility index (Phi) is 5.80. The van der Waals surface area contributed by atoms with Crippen LogP contribution in [-0.4, -0.2) is 5.97 Å². The van der Waals surface area contributed by atoms with Crippen LogP contribution in [0, 0.1) is 17.9 Å². The van der Waals surface area contributed by atoms with E-state index in [0.717, 1.165) is 38.2 Å². The largest absolute Gasteiger partial charge is 0.373 e. The molecule has 2 atom stereocenters. The molecule has 115 valence electrons. The maximum absolute atomic E-state index is 11.9. The first-order valence-corrected chi connectivity index (χ1v) is 7.92. The Hall–Kier alpha value is -1.35. The van der Waals surface area contributed by atoms with E-state index in [1.54, 1.807) is 12.1 Å². The van der Waals surface area contributed by atoms with Gasteiger partial charge in [-0.25, -0.2) is 4.79 Å². The molecular weight excluding hydrogens is 264 g/mol. The van der Waals surface area contributed by atoms with Crippen molar-refractivity contribution in [1.82, 2.24) is 0 Å². The lowest BCUT2D eigenvalue weighted by molar-refractivity contribution is -0.242. The molecule has 1 fully saturated rings. The van der Waals surface area contributed by atoms with Crippen molar-refractivity contribution in [3.8, 4) is 0 Å². The number of benzene rings is 1. The minimum Gasteiger partial charge on any atom is -0.292 e. The van der Waals surface area contributed by atoms with E-state index in [2.05, 4.69) is 20.8 Å². The van der Waals surface area contributed by atoms with Crippen molar-refractivity contribution < 1.29 is 14.6 Å². The van der Waals surface area contributed by atoms with Crippen LogP contribution in [0.15, 0.2) is 24.3 Å². The Morgan fingerprint density at radius 1 is 1.19 bits per heavy atom. The predicted molar refractivity (Wildman–Crippen MR) is 82.4 cm³/mol. The molecule has 0 saturated heterocycles. The van der Waals surface area contributed by atoms with E-state index in [1.807, 2.05) is 12.1 Å². The molecule has 3 heteroatoms. The molecule has 2 unspecified atom stereocenters. The maximum atomic E-state index is 11.9. The Bertz CT molecular complexity index is 452. The van der Waals surface area contributed by atoms with Crippen LogP contribution in [0.3, 0.4) is 0 Å². The van der Waals surface area contributed by atoms with Crippen LogP contribution in [0.1, 0.15) is 62.4 Å². The van der Waals surface area contributed by atoms with Gasteiger partial charge < -0.3 is 0 Å². The molecule has 1 aliphatic rings. The second-order valence-corrected chi connectivity index (χ2v) is 6.14. The Labute approximate surface area is 127 Å². The van der Waals surface area contributed by atoms with Crippen molar-refractivity contribution in [1.29, 1.82) is 0 Å². The monoisotopic (exact) mass is 289 g/mol. The third kappa shape index (κ3) is 4.57. The van der Waals surface area contributed by atoms with E-state index in [1.165, 1.54) is 5.56 Å². The summed E-state index contributed by atoms with van der Waals surface area (Å²) in [7, 11) is 0. The molecule has 3 nitrogen and oxygen atoms in total. The summed E-state index contributed by atoms with van der Waals surface area (Å²) in [5, 5.41) is 0. The lowest BCUT2D eigenvalue weighted by Gasteiger charge is -2.29. The van der Waals surface area contributed by atoms with Gasteiger partial charge in [0.05, 0.1) is 5.56 Å². The summed E-state index contributed by atoms with van der Waals surface area (Å²) in [6.45, 7) is 6.60. The number of carbonyl (C=O) groups is 1. The molecular formula is C18H25O3. The third-order valence-corrected chi connectivity index (χ3v) is 4.36. The van der Waals surface area contributed by atoms with Gasteiger partial charge in [-0.2, -0.15) is 4.89 Å². The van der Waals surface area contributed by atoms with Gasteiger partial charge in [0.25, 0.3) is 0 Å². The van der Waals surface area contributed by atoms with Crippen molar-refractivity contribution in [3.05, 3.63) is 41.5 Å². The van der Waals surface area contributed by atoms with Gasteiger partial charge in [-0.15, -0.1) is 0 Å². The van der Waals surface area contributed by atoms with E-state index in [-0.39, 0.29) is 0 Å². The molecule has 0 heterocycles. The van der Waals surface area contributed by atoms with Crippen LogP contribution in [0.4, 0.5) is 0 Å². The first-order valence-electron chi connectivity index (χ1n) is 7.92. The fraction of sp³-hybridized carbons (Fsp3) is 0.556. The summed E-state index contributed by atoms with van der Waals surface area (Å²) >= 11 is 0. The second-order valence-electron chi connectivity index (χ2n) is 6.14. The molecule has 0 aliphatic heterocycles. The fourth-order valence-electron chi connectivity index (χ4n) is 2.65. The van der Waals surface area contributed by atoms with Gasteiger partial charge in [0.2, 0.25) is 0 Å². The van der Waals surface area contributed by atoms with Crippen molar-refractivity contribution in [3.63, 3.8) is 0 Å². The SMILES string of the molecule is CCCc1ccc(C(=O)OO[C]2CCC(C)C(C)C2)cc1. The highest BCUT2D eigenvalue weighted by Gasteiger charge is 2.27. The zero-order valence-electron chi connectivity index (χ0n) is 13.2. The lowest BCUT2D eigenvalue weighted by atomic mass is 9.80. The van der Waals surface area contributed by atoms with Crippen molar-refractivity contribution in [2.75, 3.05) is 0 Å². The number of hydrogen-bond donors (Lipinski definition) is 0. The molecule has 21 heavy (non-hydrogen) atoms. The van der Waals surface area contributed by atoms with Gasteiger partial charge in [0.1, 0.15) is 6.10 Å². The summed E-state index contributed by atoms with van der Waals surface area (Å²) in [5.41, 5.74) is 1.77. The highest BCUT2D eigenvalue weighted by molar-refractivity contribution is 5.88. The smallest absolute Gasteiger partial charge is 0.292 e. The maximum Gasteiger partial charge on any atom is 0.373 e. The Morgan fingerprint density at radius 2 is 1.90 bits per heavy atom. The quantitative estimate of drug-likeness (QED) is 0.581.